The minimum atomic E-state index is -0.218. The molecule has 7 heteroatoms. The van der Waals surface area contributed by atoms with E-state index in [1.165, 1.54) is 10.9 Å². The molecule has 2 aromatic carbocycles. The van der Waals surface area contributed by atoms with Gasteiger partial charge in [0.15, 0.2) is 0 Å². The van der Waals surface area contributed by atoms with E-state index in [1.807, 2.05) is 42.5 Å². The number of hydrogen-bond acceptors (Lipinski definition) is 4. The van der Waals surface area contributed by atoms with Crippen LogP contribution in [0.3, 0.4) is 0 Å². The number of benzene rings is 2. The van der Waals surface area contributed by atoms with E-state index in [0.29, 0.717) is 33.1 Å². The zero-order valence-corrected chi connectivity index (χ0v) is 14.7. The molecule has 0 atom stereocenters. The maximum Gasteiger partial charge on any atom is 0.266 e. The van der Waals surface area contributed by atoms with Gasteiger partial charge in [-0.05, 0) is 18.2 Å². The normalized spacial score (nSPS) is 11.3. The van der Waals surface area contributed by atoms with Crippen LogP contribution in [0.5, 0.6) is 0 Å². The largest absolute Gasteiger partial charge is 0.282 e. The van der Waals surface area contributed by atoms with Crippen LogP contribution in [0.2, 0.25) is 5.02 Å². The summed E-state index contributed by atoms with van der Waals surface area (Å²) in [6, 6.07) is 18.6. The topological polar surface area (TPSA) is 65.1 Å². The Hall–Kier alpha value is -3.51. The van der Waals surface area contributed by atoms with Gasteiger partial charge in [0, 0.05) is 11.8 Å². The number of para-hydroxylation sites is 1. The highest BCUT2D eigenvalue weighted by Gasteiger charge is 2.17. The summed E-state index contributed by atoms with van der Waals surface area (Å²) in [5.74, 6) is 0.441. The van der Waals surface area contributed by atoms with Crippen LogP contribution in [0.4, 0.5) is 0 Å². The highest BCUT2D eigenvalue weighted by atomic mass is 35.5. The summed E-state index contributed by atoms with van der Waals surface area (Å²) in [5, 5.41) is 5.23. The molecule has 3 aromatic heterocycles. The lowest BCUT2D eigenvalue weighted by molar-refractivity contribution is 0.948. The molecular weight excluding hydrogens is 362 g/mol. The van der Waals surface area contributed by atoms with E-state index in [1.54, 1.807) is 28.9 Å². The van der Waals surface area contributed by atoms with E-state index in [9.17, 15) is 4.79 Å². The number of rotatable bonds is 2. The molecule has 0 aliphatic carbocycles. The molecule has 0 bridgehead atoms. The van der Waals surface area contributed by atoms with Crippen molar-refractivity contribution in [2.75, 3.05) is 0 Å². The maximum atomic E-state index is 13.4. The summed E-state index contributed by atoms with van der Waals surface area (Å²) in [4.78, 5) is 22.1. The van der Waals surface area contributed by atoms with Gasteiger partial charge in [0.2, 0.25) is 0 Å². The smallest absolute Gasteiger partial charge is 0.266 e. The van der Waals surface area contributed by atoms with Crippen LogP contribution in [0, 0.1) is 0 Å². The van der Waals surface area contributed by atoms with E-state index in [-0.39, 0.29) is 5.56 Å². The zero-order chi connectivity index (χ0) is 18.4. The second kappa shape index (κ2) is 6.03. The molecule has 0 fully saturated rings. The molecule has 3 heterocycles. The number of aromatic nitrogens is 5. The lowest BCUT2D eigenvalue weighted by Crippen LogP contribution is -2.20. The van der Waals surface area contributed by atoms with Crippen molar-refractivity contribution in [3.05, 3.63) is 88.6 Å². The van der Waals surface area contributed by atoms with Gasteiger partial charge in [-0.1, -0.05) is 54.1 Å². The Kier molecular flexibility index (Phi) is 3.51. The molecule has 27 heavy (non-hydrogen) atoms. The van der Waals surface area contributed by atoms with E-state index < -0.39 is 0 Å². The first kappa shape index (κ1) is 15.7. The van der Waals surface area contributed by atoms with Gasteiger partial charge in [0.25, 0.3) is 11.3 Å². The molecule has 5 aromatic rings. The molecule has 0 amide bonds. The summed E-state index contributed by atoms with van der Waals surface area (Å²) in [6.07, 6.45) is 3.11. The minimum Gasteiger partial charge on any atom is -0.282 e. The predicted octanol–water partition coefficient (Wildman–Crippen LogP) is 3.75. The maximum absolute atomic E-state index is 13.4. The van der Waals surface area contributed by atoms with Crippen LogP contribution in [-0.2, 0) is 0 Å². The first-order valence-corrected chi connectivity index (χ1v) is 8.67. The Morgan fingerprint density at radius 2 is 1.70 bits per heavy atom. The standard InChI is InChI=1S/C20H12ClN5O/c21-14-8-4-5-9-16(14)25-11-10-15-17(19(25)27)18(13-6-2-1-3-7-13)26-20(24-15)22-12-23-26/h1-12H. The second-order valence-corrected chi connectivity index (χ2v) is 6.41. The Morgan fingerprint density at radius 1 is 0.926 bits per heavy atom. The fraction of sp³-hybridized carbons (Fsp3) is 0. The van der Waals surface area contributed by atoms with Gasteiger partial charge >= 0.3 is 0 Å². The summed E-state index contributed by atoms with van der Waals surface area (Å²) in [5.41, 5.74) is 2.46. The van der Waals surface area contributed by atoms with Crippen molar-refractivity contribution >= 4 is 28.3 Å². The van der Waals surface area contributed by atoms with Crippen LogP contribution >= 0.6 is 11.6 Å². The van der Waals surface area contributed by atoms with Gasteiger partial charge in [-0.15, -0.1) is 0 Å². The third kappa shape index (κ3) is 2.42. The van der Waals surface area contributed by atoms with Gasteiger partial charge in [0.05, 0.1) is 27.3 Å². The average Bonchev–Trinajstić information content (AvgIpc) is 3.16. The molecule has 5 rings (SSSR count). The number of halogens is 1. The Labute approximate surface area is 158 Å². The fourth-order valence-corrected chi connectivity index (χ4v) is 3.45. The van der Waals surface area contributed by atoms with Crippen LogP contribution in [0.25, 0.3) is 33.6 Å². The zero-order valence-electron chi connectivity index (χ0n) is 14.0. The van der Waals surface area contributed by atoms with Gasteiger partial charge in [-0.25, -0.2) is 4.98 Å². The number of pyridine rings is 1. The van der Waals surface area contributed by atoms with Crippen LogP contribution in [0.1, 0.15) is 0 Å². The van der Waals surface area contributed by atoms with Crippen LogP contribution in [-0.4, -0.2) is 24.1 Å². The third-order valence-electron chi connectivity index (χ3n) is 4.43. The summed E-state index contributed by atoms with van der Waals surface area (Å²) in [6.45, 7) is 0. The molecule has 0 unspecified atom stereocenters. The summed E-state index contributed by atoms with van der Waals surface area (Å²) >= 11 is 6.31. The first-order chi connectivity index (χ1) is 13.2. The predicted molar refractivity (Wildman–Crippen MR) is 104 cm³/mol. The summed E-state index contributed by atoms with van der Waals surface area (Å²) in [7, 11) is 0. The van der Waals surface area contributed by atoms with Gasteiger partial charge in [0.1, 0.15) is 6.33 Å². The van der Waals surface area contributed by atoms with Gasteiger partial charge < -0.3 is 0 Å². The monoisotopic (exact) mass is 373 g/mol. The van der Waals surface area contributed by atoms with Gasteiger partial charge in [-0.2, -0.15) is 14.6 Å². The van der Waals surface area contributed by atoms with E-state index in [0.717, 1.165) is 5.56 Å². The second-order valence-electron chi connectivity index (χ2n) is 6.00. The molecule has 0 saturated heterocycles. The Morgan fingerprint density at radius 3 is 2.52 bits per heavy atom. The quantitative estimate of drug-likeness (QED) is 0.472. The fourth-order valence-electron chi connectivity index (χ4n) is 3.22. The molecular formula is C20H12ClN5O. The summed E-state index contributed by atoms with van der Waals surface area (Å²) < 4.78 is 3.12. The first-order valence-electron chi connectivity index (χ1n) is 8.29. The highest BCUT2D eigenvalue weighted by Crippen LogP contribution is 2.27. The number of fused-ring (bicyclic) bond motifs is 2. The van der Waals surface area contributed by atoms with E-state index >= 15 is 0 Å². The Bertz CT molecular complexity index is 1360. The lowest BCUT2D eigenvalue weighted by atomic mass is 10.1. The van der Waals surface area contributed by atoms with Crippen molar-refractivity contribution < 1.29 is 0 Å². The van der Waals surface area contributed by atoms with Crippen LogP contribution in [0.15, 0.2) is 78.0 Å². The molecule has 0 aliphatic rings. The van der Waals surface area contributed by atoms with E-state index in [4.69, 9.17) is 11.6 Å². The Balaban J connectivity index is 1.95. The third-order valence-corrected chi connectivity index (χ3v) is 4.75. The van der Waals surface area contributed by atoms with Crippen molar-refractivity contribution in [1.29, 1.82) is 0 Å². The molecule has 130 valence electrons. The van der Waals surface area contributed by atoms with Crippen LogP contribution < -0.4 is 5.56 Å². The molecule has 0 spiro atoms. The van der Waals surface area contributed by atoms with Crippen molar-refractivity contribution in [2.45, 2.75) is 0 Å². The molecule has 0 aliphatic heterocycles. The average molecular weight is 374 g/mol. The molecule has 0 saturated carbocycles. The number of nitrogens with zero attached hydrogens (tertiary/aromatic N) is 5. The molecule has 0 radical (unpaired) electrons. The SMILES string of the molecule is O=c1c2c(-c3ccccc3)n3ncnc3nc2ccn1-c1ccccc1Cl. The highest BCUT2D eigenvalue weighted by molar-refractivity contribution is 6.32. The molecule has 6 nitrogen and oxygen atoms in total. The lowest BCUT2D eigenvalue weighted by Gasteiger charge is -2.12. The van der Waals surface area contributed by atoms with E-state index in [2.05, 4.69) is 15.1 Å². The van der Waals surface area contributed by atoms with Crippen molar-refractivity contribution in [2.24, 2.45) is 0 Å². The van der Waals surface area contributed by atoms with Gasteiger partial charge in [-0.3, -0.25) is 9.36 Å². The minimum absolute atomic E-state index is 0.218. The van der Waals surface area contributed by atoms with Crippen molar-refractivity contribution in [1.82, 2.24) is 24.1 Å². The van der Waals surface area contributed by atoms with Crippen molar-refractivity contribution in [3.8, 4) is 16.9 Å². The number of hydrogen-bond donors (Lipinski definition) is 0. The molecule has 0 N–H and O–H groups in total. The van der Waals surface area contributed by atoms with Crippen molar-refractivity contribution in [3.63, 3.8) is 0 Å².